The highest BCUT2D eigenvalue weighted by Gasteiger charge is 2.29. The molecule has 1 fully saturated rings. The van der Waals surface area contributed by atoms with Gasteiger partial charge in [-0.25, -0.2) is 0 Å². The largest absolute Gasteiger partial charge is 0.374 e. The second-order valence-corrected chi connectivity index (χ2v) is 10.4. The van der Waals surface area contributed by atoms with Crippen molar-refractivity contribution in [1.82, 2.24) is 9.80 Å². The zero-order valence-electron chi connectivity index (χ0n) is 22.9. The molecular weight excluding hydrogens is 500 g/mol. The number of aliphatic imine (C=N–C) groups is 2. The lowest BCUT2D eigenvalue weighted by molar-refractivity contribution is -0.0464. The van der Waals surface area contributed by atoms with E-state index in [1.54, 1.807) is 12.2 Å². The Morgan fingerprint density at radius 2 is 1.97 bits per heavy atom. The van der Waals surface area contributed by atoms with Crippen LogP contribution in [0.25, 0.3) is 0 Å². The Kier molecular flexibility index (Phi) is 14.0. The van der Waals surface area contributed by atoms with Crippen LogP contribution in [0.5, 0.6) is 0 Å². The van der Waals surface area contributed by atoms with E-state index >= 15 is 0 Å². The molecule has 0 saturated carbocycles. The van der Waals surface area contributed by atoms with Crippen molar-refractivity contribution in [2.24, 2.45) is 9.98 Å². The topological polar surface area (TPSA) is 91.9 Å². The first-order valence-corrected chi connectivity index (χ1v) is 13.9. The summed E-state index contributed by atoms with van der Waals surface area (Å²) in [5.41, 5.74) is 3.36. The lowest BCUT2D eigenvalue weighted by Gasteiger charge is -2.43. The van der Waals surface area contributed by atoms with Gasteiger partial charge in [-0.15, -0.1) is 18.2 Å². The third-order valence-corrected chi connectivity index (χ3v) is 7.05. The lowest BCUT2D eigenvalue weighted by Crippen LogP contribution is -2.54. The van der Waals surface area contributed by atoms with Crippen molar-refractivity contribution in [3.05, 3.63) is 73.5 Å². The summed E-state index contributed by atoms with van der Waals surface area (Å²) in [5.74, 6) is 0. The summed E-state index contributed by atoms with van der Waals surface area (Å²) in [6.07, 6.45) is 14.3. The van der Waals surface area contributed by atoms with Gasteiger partial charge in [-0.05, 0) is 63.7 Å². The van der Waals surface area contributed by atoms with E-state index < -0.39 is 12.5 Å². The van der Waals surface area contributed by atoms with Crippen molar-refractivity contribution in [3.8, 4) is 0 Å². The molecule has 4 unspecified atom stereocenters. The Bertz CT molecular complexity index is 953. The molecule has 1 saturated heterocycles. The average molecular weight is 545 g/mol. The third kappa shape index (κ3) is 10.5. The Balaban J connectivity index is 2.24. The molecule has 38 heavy (non-hydrogen) atoms. The SMILES string of the molecule is C=CC(=C)N1CCN(C(O)C2=C/C(C)N=C(CCCCC(O)O)C(/C=C/CC(Cl)C=C)=NC/C=C\2)CC1C. The molecule has 2 aliphatic rings. The lowest BCUT2D eigenvalue weighted by atomic mass is 10.0. The zero-order valence-corrected chi connectivity index (χ0v) is 23.7. The van der Waals surface area contributed by atoms with Crippen molar-refractivity contribution in [3.63, 3.8) is 0 Å². The van der Waals surface area contributed by atoms with Crippen LogP contribution in [-0.4, -0.2) is 92.7 Å². The van der Waals surface area contributed by atoms with Crippen molar-refractivity contribution in [1.29, 1.82) is 0 Å². The summed E-state index contributed by atoms with van der Waals surface area (Å²) in [5, 5.41) is 29.6. The molecule has 210 valence electrons. The van der Waals surface area contributed by atoms with Gasteiger partial charge in [-0.3, -0.25) is 14.9 Å². The van der Waals surface area contributed by atoms with Gasteiger partial charge in [-0.1, -0.05) is 43.5 Å². The van der Waals surface area contributed by atoms with E-state index in [9.17, 15) is 15.3 Å². The number of hydrogen-bond acceptors (Lipinski definition) is 7. The van der Waals surface area contributed by atoms with Gasteiger partial charge < -0.3 is 20.2 Å². The number of rotatable bonds is 13. The molecule has 0 aliphatic carbocycles. The number of alkyl halides is 1. The molecule has 0 aromatic heterocycles. The predicted octanol–water partition coefficient (Wildman–Crippen LogP) is 4.39. The van der Waals surface area contributed by atoms with E-state index in [4.69, 9.17) is 21.6 Å². The van der Waals surface area contributed by atoms with Crippen LogP contribution in [0, 0.1) is 0 Å². The van der Waals surface area contributed by atoms with Crippen LogP contribution in [0.4, 0.5) is 0 Å². The van der Waals surface area contributed by atoms with Crippen LogP contribution in [0.15, 0.2) is 83.5 Å². The summed E-state index contributed by atoms with van der Waals surface area (Å²) < 4.78 is 0. The van der Waals surface area contributed by atoms with Crippen LogP contribution < -0.4 is 0 Å². The quantitative estimate of drug-likeness (QED) is 0.105. The van der Waals surface area contributed by atoms with Crippen LogP contribution >= 0.6 is 11.6 Å². The Morgan fingerprint density at radius 3 is 2.63 bits per heavy atom. The highest BCUT2D eigenvalue weighted by molar-refractivity contribution is 6.46. The van der Waals surface area contributed by atoms with Crippen LogP contribution in [-0.2, 0) is 0 Å². The predicted molar refractivity (Wildman–Crippen MR) is 160 cm³/mol. The number of unbranched alkanes of at least 4 members (excludes halogenated alkanes) is 1. The van der Waals surface area contributed by atoms with Gasteiger partial charge >= 0.3 is 0 Å². The molecule has 0 radical (unpaired) electrons. The zero-order chi connectivity index (χ0) is 28.1. The van der Waals surface area contributed by atoms with E-state index in [0.29, 0.717) is 45.3 Å². The number of halogens is 1. The van der Waals surface area contributed by atoms with Gasteiger partial charge in [0, 0.05) is 31.4 Å². The molecule has 2 rings (SSSR count). The first kappa shape index (κ1) is 31.9. The fraction of sp³-hybridized carbons (Fsp3) is 0.533. The van der Waals surface area contributed by atoms with Gasteiger partial charge in [-0.2, -0.15) is 0 Å². The molecule has 7 nitrogen and oxygen atoms in total. The summed E-state index contributed by atoms with van der Waals surface area (Å²) >= 11 is 6.19. The van der Waals surface area contributed by atoms with E-state index in [-0.39, 0.29) is 17.5 Å². The fourth-order valence-corrected chi connectivity index (χ4v) is 4.72. The number of aliphatic hydroxyl groups excluding tert-OH is 2. The van der Waals surface area contributed by atoms with Crippen LogP contribution in [0.1, 0.15) is 46.0 Å². The summed E-state index contributed by atoms with van der Waals surface area (Å²) in [4.78, 5) is 14.1. The minimum atomic E-state index is -1.30. The summed E-state index contributed by atoms with van der Waals surface area (Å²) in [6.45, 7) is 18.4. The molecule has 4 atom stereocenters. The van der Waals surface area contributed by atoms with Crippen LogP contribution in [0.2, 0.25) is 0 Å². The maximum Gasteiger partial charge on any atom is 0.151 e. The highest BCUT2D eigenvalue weighted by atomic mass is 35.5. The van der Waals surface area contributed by atoms with Crippen molar-refractivity contribution >= 4 is 23.0 Å². The van der Waals surface area contributed by atoms with Gasteiger partial charge in [0.1, 0.15) is 6.23 Å². The molecule has 3 N–H and O–H groups in total. The van der Waals surface area contributed by atoms with Crippen LogP contribution in [0.3, 0.4) is 0 Å². The number of allylic oxidation sites excluding steroid dienone is 4. The normalized spacial score (nSPS) is 25.2. The number of piperazine rings is 1. The fourth-order valence-electron chi connectivity index (χ4n) is 4.62. The minimum absolute atomic E-state index is 0.150. The second kappa shape index (κ2) is 16.6. The molecule has 0 spiro atoms. The molecule has 0 aromatic carbocycles. The van der Waals surface area contributed by atoms with Gasteiger partial charge in [0.2, 0.25) is 0 Å². The molecule has 2 heterocycles. The summed E-state index contributed by atoms with van der Waals surface area (Å²) in [6, 6.07) is 0.0211. The first-order valence-electron chi connectivity index (χ1n) is 13.4. The van der Waals surface area contributed by atoms with Gasteiger partial charge in [0.15, 0.2) is 6.29 Å². The molecule has 0 amide bonds. The maximum absolute atomic E-state index is 11.3. The van der Waals surface area contributed by atoms with E-state index in [1.165, 1.54) is 0 Å². The van der Waals surface area contributed by atoms with Gasteiger partial charge in [0.05, 0.1) is 29.4 Å². The summed E-state index contributed by atoms with van der Waals surface area (Å²) in [7, 11) is 0. The van der Waals surface area contributed by atoms with E-state index in [0.717, 1.165) is 35.7 Å². The molecule has 0 bridgehead atoms. The van der Waals surface area contributed by atoms with Crippen molar-refractivity contribution < 1.29 is 15.3 Å². The molecule has 0 aromatic rings. The monoisotopic (exact) mass is 544 g/mol. The van der Waals surface area contributed by atoms with Gasteiger partial charge in [0.25, 0.3) is 0 Å². The minimum Gasteiger partial charge on any atom is -0.374 e. The second-order valence-electron chi connectivity index (χ2n) is 9.83. The van der Waals surface area contributed by atoms with E-state index in [2.05, 4.69) is 36.5 Å². The third-order valence-electron chi connectivity index (χ3n) is 6.69. The number of nitrogens with zero attached hydrogens (tertiary/aromatic N) is 4. The first-order chi connectivity index (χ1) is 18.2. The molecular formula is C30H45ClN4O3. The Labute approximate surface area is 233 Å². The Morgan fingerprint density at radius 1 is 1.21 bits per heavy atom. The highest BCUT2D eigenvalue weighted by Crippen LogP contribution is 2.21. The number of hydrogen-bond donors (Lipinski definition) is 3. The average Bonchev–Trinajstić information content (AvgIpc) is 2.89. The standard InChI is InChI=1S/C30H45ClN4O3/c1-6-23(4)35-19-18-34(21-24(35)5)30(38)25-12-11-17-32-27(15-10-13-26(31)7-2)28(33-22(3)20-25)14-8-9-16-29(36)37/h6-7,10-12,15,20,22,24,26,29-30,36-38H,1-2,4,8-9,13-14,16-19,21H2,3,5H3/b12-11-,15-10+,25-20+,32-27?,33-28?. The smallest absolute Gasteiger partial charge is 0.151 e. The van der Waals surface area contributed by atoms with E-state index in [1.807, 2.05) is 37.3 Å². The molecule has 8 heteroatoms. The maximum atomic E-state index is 11.3. The Hall–Kier alpha value is -2.29. The van der Waals surface area contributed by atoms with Crippen molar-refractivity contribution in [2.75, 3.05) is 26.2 Å². The number of aliphatic hydroxyl groups is 3. The van der Waals surface area contributed by atoms with Crippen molar-refractivity contribution in [2.45, 2.75) is 75.9 Å². The molecule has 2 aliphatic heterocycles.